The van der Waals surface area contributed by atoms with Gasteiger partial charge in [0.1, 0.15) is 11.8 Å². The number of carbonyl (C=O) groups is 2. The number of hydrogen-bond donors (Lipinski definition) is 2. The molecule has 0 radical (unpaired) electrons. The number of amides is 2. The van der Waals surface area contributed by atoms with E-state index in [4.69, 9.17) is 21.1 Å². The molecule has 2 amide bonds. The second-order valence-electron chi connectivity index (χ2n) is 6.84. The molecule has 0 saturated heterocycles. The highest BCUT2D eigenvalue weighted by Crippen LogP contribution is 2.31. The van der Waals surface area contributed by atoms with E-state index in [9.17, 15) is 18.0 Å². The summed E-state index contributed by atoms with van der Waals surface area (Å²) in [6.07, 6.45) is 0.992. The number of para-hydroxylation sites is 1. The van der Waals surface area contributed by atoms with Crippen molar-refractivity contribution in [1.29, 1.82) is 0 Å². The largest absolute Gasteiger partial charge is 0.495 e. The number of nitrogens with one attached hydrogen (secondary N) is 2. The van der Waals surface area contributed by atoms with Crippen LogP contribution in [-0.2, 0) is 19.6 Å². The van der Waals surface area contributed by atoms with Gasteiger partial charge in [-0.05, 0) is 37.3 Å². The van der Waals surface area contributed by atoms with Crippen LogP contribution in [0.4, 0.5) is 11.4 Å². The zero-order valence-electron chi connectivity index (χ0n) is 18.2. The Morgan fingerprint density at radius 3 is 2.44 bits per heavy atom. The Labute approximate surface area is 192 Å². The average molecular weight is 484 g/mol. The fourth-order valence-electron chi connectivity index (χ4n) is 2.99. The first-order chi connectivity index (χ1) is 15.1. The van der Waals surface area contributed by atoms with Crippen molar-refractivity contribution >= 4 is 44.8 Å². The molecule has 11 heteroatoms. The number of nitrogens with zero attached hydrogens (tertiary/aromatic N) is 1. The molecule has 32 heavy (non-hydrogen) atoms. The first-order valence-electron chi connectivity index (χ1n) is 9.60. The van der Waals surface area contributed by atoms with Crippen LogP contribution in [0.3, 0.4) is 0 Å². The summed E-state index contributed by atoms with van der Waals surface area (Å²) in [7, 11) is -0.895. The van der Waals surface area contributed by atoms with Crippen LogP contribution >= 0.6 is 11.6 Å². The first-order valence-corrected chi connectivity index (χ1v) is 11.8. The second kappa shape index (κ2) is 11.2. The van der Waals surface area contributed by atoms with E-state index in [-0.39, 0.29) is 22.0 Å². The van der Waals surface area contributed by atoms with E-state index >= 15 is 0 Å². The maximum atomic E-state index is 13.0. The molecule has 0 spiro atoms. The Bertz CT molecular complexity index is 1080. The number of hydrogen-bond acceptors (Lipinski definition) is 6. The van der Waals surface area contributed by atoms with Crippen LogP contribution < -0.4 is 19.7 Å². The Hall–Kier alpha value is -2.82. The van der Waals surface area contributed by atoms with Crippen LogP contribution in [0.2, 0.25) is 5.02 Å². The lowest BCUT2D eigenvalue weighted by atomic mass is 10.1. The molecule has 2 N–H and O–H groups in total. The lowest BCUT2D eigenvalue weighted by Crippen LogP contribution is -2.45. The van der Waals surface area contributed by atoms with Gasteiger partial charge in [0.25, 0.3) is 5.91 Å². The number of sulfonamides is 1. The molecule has 9 nitrogen and oxygen atoms in total. The Morgan fingerprint density at radius 2 is 1.84 bits per heavy atom. The molecule has 0 aliphatic carbocycles. The highest BCUT2D eigenvalue weighted by Gasteiger charge is 2.30. The van der Waals surface area contributed by atoms with Gasteiger partial charge in [-0.25, -0.2) is 8.42 Å². The molecule has 2 rings (SSSR count). The van der Waals surface area contributed by atoms with Gasteiger partial charge in [-0.3, -0.25) is 13.9 Å². The van der Waals surface area contributed by atoms with Crippen molar-refractivity contribution in [2.45, 2.75) is 13.0 Å². The molecule has 0 unspecified atom stereocenters. The topological polar surface area (TPSA) is 114 Å². The van der Waals surface area contributed by atoms with E-state index in [1.807, 2.05) is 0 Å². The number of methoxy groups -OCH3 is 2. The normalized spacial score (nSPS) is 12.0. The lowest BCUT2D eigenvalue weighted by molar-refractivity contribution is -0.116. The van der Waals surface area contributed by atoms with Crippen LogP contribution in [0, 0.1) is 0 Å². The third-order valence-corrected chi connectivity index (χ3v) is 6.04. The van der Waals surface area contributed by atoms with Crippen molar-refractivity contribution in [3.63, 3.8) is 0 Å². The fraction of sp³-hybridized carbons (Fsp3) is 0.333. The standard InChI is InChI=1S/C21H26ClN3O6S/c1-14(25(32(4,28)29)15-9-10-19(31-3)17(22)13-15)20(26)24-18-8-6-5-7-16(18)21(27)23-11-12-30-2/h5-10,13-14H,11-12H2,1-4H3,(H,23,27)(H,24,26)/t14-/m1/s1. The summed E-state index contributed by atoms with van der Waals surface area (Å²) >= 11 is 6.15. The summed E-state index contributed by atoms with van der Waals surface area (Å²) in [5, 5.41) is 5.53. The third kappa shape index (κ3) is 6.35. The third-order valence-electron chi connectivity index (χ3n) is 4.50. The van der Waals surface area contributed by atoms with E-state index in [1.54, 1.807) is 24.3 Å². The van der Waals surface area contributed by atoms with Crippen molar-refractivity contribution in [3.05, 3.63) is 53.1 Å². The highest BCUT2D eigenvalue weighted by atomic mass is 35.5. The molecule has 0 aliphatic rings. The van der Waals surface area contributed by atoms with E-state index in [0.29, 0.717) is 18.9 Å². The monoisotopic (exact) mass is 483 g/mol. The number of carbonyl (C=O) groups excluding carboxylic acids is 2. The second-order valence-corrected chi connectivity index (χ2v) is 9.10. The van der Waals surface area contributed by atoms with Gasteiger partial charge < -0.3 is 20.1 Å². The van der Waals surface area contributed by atoms with Crippen LogP contribution in [-0.4, -0.2) is 59.9 Å². The van der Waals surface area contributed by atoms with Gasteiger partial charge in [0, 0.05) is 13.7 Å². The first kappa shape index (κ1) is 25.4. The summed E-state index contributed by atoms with van der Waals surface area (Å²) in [5.74, 6) is -0.651. The van der Waals surface area contributed by atoms with Gasteiger partial charge in [0.15, 0.2) is 0 Å². The van der Waals surface area contributed by atoms with Gasteiger partial charge >= 0.3 is 0 Å². The maximum Gasteiger partial charge on any atom is 0.253 e. The van der Waals surface area contributed by atoms with Gasteiger partial charge in [-0.1, -0.05) is 23.7 Å². The minimum Gasteiger partial charge on any atom is -0.495 e. The van der Waals surface area contributed by atoms with E-state index in [1.165, 1.54) is 39.3 Å². The Balaban J connectivity index is 2.30. The van der Waals surface area contributed by atoms with E-state index in [2.05, 4.69) is 10.6 Å². The number of benzene rings is 2. The summed E-state index contributed by atoms with van der Waals surface area (Å²) in [6.45, 7) is 2.08. The average Bonchev–Trinajstić information content (AvgIpc) is 2.73. The zero-order chi connectivity index (χ0) is 23.9. The Morgan fingerprint density at radius 1 is 1.16 bits per heavy atom. The van der Waals surface area contributed by atoms with Crippen molar-refractivity contribution in [3.8, 4) is 5.75 Å². The molecule has 0 heterocycles. The summed E-state index contributed by atoms with van der Waals surface area (Å²) in [5.41, 5.74) is 0.689. The number of ether oxygens (including phenoxy) is 2. The molecule has 2 aromatic carbocycles. The summed E-state index contributed by atoms with van der Waals surface area (Å²) < 4.78 is 36.0. The molecule has 0 aliphatic heterocycles. The maximum absolute atomic E-state index is 13.0. The molecular weight excluding hydrogens is 458 g/mol. The van der Waals surface area contributed by atoms with Crippen molar-refractivity contribution in [1.82, 2.24) is 5.32 Å². The van der Waals surface area contributed by atoms with E-state index in [0.717, 1.165) is 10.6 Å². The van der Waals surface area contributed by atoms with Crippen molar-refractivity contribution < 1.29 is 27.5 Å². The molecule has 2 aromatic rings. The zero-order valence-corrected chi connectivity index (χ0v) is 19.8. The van der Waals surface area contributed by atoms with E-state index < -0.39 is 27.9 Å². The number of halogens is 1. The van der Waals surface area contributed by atoms with Crippen LogP contribution in [0.1, 0.15) is 17.3 Å². The van der Waals surface area contributed by atoms with Gasteiger partial charge in [-0.15, -0.1) is 0 Å². The summed E-state index contributed by atoms with van der Waals surface area (Å²) in [6, 6.07) is 9.70. The highest BCUT2D eigenvalue weighted by molar-refractivity contribution is 7.92. The van der Waals surface area contributed by atoms with Crippen molar-refractivity contribution in [2.75, 3.05) is 43.2 Å². The molecule has 1 atom stereocenters. The minimum atomic E-state index is -3.85. The number of rotatable bonds is 10. The molecule has 0 saturated carbocycles. The molecule has 0 aromatic heterocycles. The smallest absolute Gasteiger partial charge is 0.253 e. The van der Waals surface area contributed by atoms with Crippen molar-refractivity contribution in [2.24, 2.45) is 0 Å². The molecule has 0 fully saturated rings. The lowest BCUT2D eigenvalue weighted by Gasteiger charge is -2.28. The summed E-state index contributed by atoms with van der Waals surface area (Å²) in [4.78, 5) is 25.4. The van der Waals surface area contributed by atoms with Gasteiger partial charge in [0.05, 0.1) is 41.9 Å². The fourth-order valence-corrected chi connectivity index (χ4v) is 4.41. The molecule has 0 bridgehead atoms. The quantitative estimate of drug-likeness (QED) is 0.502. The van der Waals surface area contributed by atoms with Gasteiger partial charge in [0.2, 0.25) is 15.9 Å². The SMILES string of the molecule is COCCNC(=O)c1ccccc1NC(=O)[C@@H](C)N(c1ccc(OC)c(Cl)c1)S(C)(=O)=O. The molecular formula is C21H26ClN3O6S. The number of anilines is 2. The van der Waals surface area contributed by atoms with Crippen LogP contribution in [0.5, 0.6) is 5.75 Å². The predicted octanol–water partition coefficient (Wildman–Crippen LogP) is 2.52. The minimum absolute atomic E-state index is 0.198. The van der Waals surface area contributed by atoms with Crippen LogP contribution in [0.25, 0.3) is 0 Å². The Kier molecular flexibility index (Phi) is 8.88. The predicted molar refractivity (Wildman–Crippen MR) is 124 cm³/mol. The van der Waals surface area contributed by atoms with Crippen LogP contribution in [0.15, 0.2) is 42.5 Å². The van der Waals surface area contributed by atoms with Gasteiger partial charge in [-0.2, -0.15) is 0 Å². The molecule has 174 valence electrons.